The topological polar surface area (TPSA) is 56.2 Å². The molecule has 0 unspecified atom stereocenters. The molecule has 0 fully saturated rings. The SMILES string of the molecule is CC[C@@H](NCc1cn(C)nc1C(F)(F)F)C(=O)OC. The molecule has 0 spiro atoms. The van der Waals surface area contributed by atoms with E-state index in [2.05, 4.69) is 15.2 Å². The highest BCUT2D eigenvalue weighted by molar-refractivity contribution is 5.75. The number of nitrogens with zero attached hydrogens (tertiary/aromatic N) is 2. The zero-order chi connectivity index (χ0) is 14.6. The molecule has 19 heavy (non-hydrogen) atoms. The second-order valence-electron chi connectivity index (χ2n) is 4.04. The van der Waals surface area contributed by atoms with Crippen LogP contribution >= 0.6 is 0 Å². The van der Waals surface area contributed by atoms with Gasteiger partial charge in [0, 0.05) is 25.4 Å². The number of carbonyl (C=O) groups is 1. The van der Waals surface area contributed by atoms with Gasteiger partial charge in [0.25, 0.3) is 0 Å². The number of esters is 1. The van der Waals surface area contributed by atoms with Crippen molar-refractivity contribution in [2.75, 3.05) is 7.11 Å². The fourth-order valence-electron chi connectivity index (χ4n) is 1.68. The van der Waals surface area contributed by atoms with Gasteiger partial charge in [-0.1, -0.05) is 6.92 Å². The average Bonchev–Trinajstić information content (AvgIpc) is 2.70. The molecule has 0 bridgehead atoms. The zero-order valence-electron chi connectivity index (χ0n) is 10.9. The van der Waals surface area contributed by atoms with Crippen molar-refractivity contribution in [3.05, 3.63) is 17.5 Å². The highest BCUT2D eigenvalue weighted by atomic mass is 19.4. The van der Waals surface area contributed by atoms with Crippen LogP contribution in [-0.4, -0.2) is 28.9 Å². The average molecular weight is 279 g/mol. The minimum absolute atomic E-state index is 0.00245. The number of aromatic nitrogens is 2. The molecule has 1 heterocycles. The van der Waals surface area contributed by atoms with Crippen molar-refractivity contribution in [2.24, 2.45) is 7.05 Å². The Morgan fingerprint density at radius 3 is 2.68 bits per heavy atom. The predicted molar refractivity (Wildman–Crippen MR) is 61.1 cm³/mol. The summed E-state index contributed by atoms with van der Waals surface area (Å²) in [4.78, 5) is 11.3. The lowest BCUT2D eigenvalue weighted by Gasteiger charge is -2.14. The summed E-state index contributed by atoms with van der Waals surface area (Å²) in [6.45, 7) is 1.64. The Morgan fingerprint density at radius 2 is 2.21 bits per heavy atom. The van der Waals surface area contributed by atoms with Crippen LogP contribution in [0.5, 0.6) is 0 Å². The molecule has 0 amide bonds. The minimum Gasteiger partial charge on any atom is -0.468 e. The molecule has 0 saturated carbocycles. The van der Waals surface area contributed by atoms with E-state index in [-0.39, 0.29) is 12.1 Å². The summed E-state index contributed by atoms with van der Waals surface area (Å²) in [6.07, 6.45) is -2.81. The molecular weight excluding hydrogens is 263 g/mol. The number of rotatable bonds is 5. The van der Waals surface area contributed by atoms with Gasteiger partial charge in [0.05, 0.1) is 7.11 Å². The van der Waals surface area contributed by atoms with Crippen LogP contribution in [0.3, 0.4) is 0 Å². The number of halogens is 3. The molecule has 1 N–H and O–H groups in total. The Bertz CT molecular complexity index is 443. The van der Waals surface area contributed by atoms with E-state index in [1.165, 1.54) is 20.4 Å². The first-order valence-electron chi connectivity index (χ1n) is 5.70. The Kier molecular flexibility index (Phi) is 4.93. The van der Waals surface area contributed by atoms with E-state index in [9.17, 15) is 18.0 Å². The standard InChI is InChI=1S/C11H16F3N3O2/c1-4-8(10(18)19-3)15-5-7-6-17(2)16-9(7)11(12,13)14/h6,8,15H,4-5H2,1-3H3/t8-/m1/s1. The molecule has 1 aromatic heterocycles. The van der Waals surface area contributed by atoms with E-state index in [0.29, 0.717) is 6.42 Å². The van der Waals surface area contributed by atoms with Gasteiger partial charge in [-0.25, -0.2) is 0 Å². The molecule has 8 heteroatoms. The summed E-state index contributed by atoms with van der Waals surface area (Å²) < 4.78 is 43.7. The Balaban J connectivity index is 2.80. The number of carbonyl (C=O) groups excluding carboxylic acids is 1. The smallest absolute Gasteiger partial charge is 0.435 e. The van der Waals surface area contributed by atoms with Crippen LogP contribution in [-0.2, 0) is 29.3 Å². The van der Waals surface area contributed by atoms with Crippen molar-refractivity contribution in [3.8, 4) is 0 Å². The summed E-state index contributed by atoms with van der Waals surface area (Å²) in [6, 6.07) is -0.633. The van der Waals surface area contributed by atoms with E-state index >= 15 is 0 Å². The summed E-state index contributed by atoms with van der Waals surface area (Å²) >= 11 is 0. The quantitative estimate of drug-likeness (QED) is 0.829. The Morgan fingerprint density at radius 1 is 1.58 bits per heavy atom. The van der Waals surface area contributed by atoms with Gasteiger partial charge in [0.2, 0.25) is 0 Å². The van der Waals surface area contributed by atoms with Gasteiger partial charge in [-0.2, -0.15) is 18.3 Å². The predicted octanol–water partition coefficient (Wildman–Crippen LogP) is 1.48. The maximum absolute atomic E-state index is 12.7. The zero-order valence-corrected chi connectivity index (χ0v) is 10.9. The van der Waals surface area contributed by atoms with E-state index < -0.39 is 23.9 Å². The van der Waals surface area contributed by atoms with Gasteiger partial charge in [-0.3, -0.25) is 9.48 Å². The number of hydrogen-bond acceptors (Lipinski definition) is 4. The fourth-order valence-corrected chi connectivity index (χ4v) is 1.68. The molecule has 0 saturated heterocycles. The third kappa shape index (κ3) is 3.95. The Hall–Kier alpha value is -1.57. The van der Waals surface area contributed by atoms with Crippen LogP contribution in [0.25, 0.3) is 0 Å². The molecule has 1 aromatic rings. The monoisotopic (exact) mass is 279 g/mol. The molecule has 0 aliphatic heterocycles. The van der Waals surface area contributed by atoms with Gasteiger partial charge in [-0.15, -0.1) is 0 Å². The molecule has 108 valence electrons. The van der Waals surface area contributed by atoms with Crippen LogP contribution in [0, 0.1) is 0 Å². The molecule has 0 aliphatic carbocycles. The van der Waals surface area contributed by atoms with Crippen molar-refractivity contribution < 1.29 is 22.7 Å². The van der Waals surface area contributed by atoms with Gasteiger partial charge in [-0.05, 0) is 6.42 Å². The van der Waals surface area contributed by atoms with Crippen molar-refractivity contribution >= 4 is 5.97 Å². The second kappa shape index (κ2) is 6.05. The lowest BCUT2D eigenvalue weighted by Crippen LogP contribution is -2.36. The summed E-state index contributed by atoms with van der Waals surface area (Å²) in [5, 5.41) is 6.12. The van der Waals surface area contributed by atoms with Crippen LogP contribution in [0.15, 0.2) is 6.20 Å². The van der Waals surface area contributed by atoms with E-state index in [4.69, 9.17) is 0 Å². The fraction of sp³-hybridized carbons (Fsp3) is 0.636. The van der Waals surface area contributed by atoms with Crippen molar-refractivity contribution in [1.82, 2.24) is 15.1 Å². The van der Waals surface area contributed by atoms with Crippen molar-refractivity contribution in [3.63, 3.8) is 0 Å². The number of hydrogen-bond donors (Lipinski definition) is 1. The maximum atomic E-state index is 12.7. The number of alkyl halides is 3. The highest BCUT2D eigenvalue weighted by Crippen LogP contribution is 2.30. The van der Waals surface area contributed by atoms with Crippen LogP contribution in [0.4, 0.5) is 13.2 Å². The third-order valence-electron chi connectivity index (χ3n) is 2.61. The number of aryl methyl sites for hydroxylation is 1. The third-order valence-corrected chi connectivity index (χ3v) is 2.61. The van der Waals surface area contributed by atoms with Crippen LogP contribution in [0.2, 0.25) is 0 Å². The van der Waals surface area contributed by atoms with Gasteiger partial charge in [0.1, 0.15) is 6.04 Å². The first kappa shape index (κ1) is 15.5. The molecule has 0 aliphatic rings. The number of nitrogens with one attached hydrogen (secondary N) is 1. The van der Waals surface area contributed by atoms with E-state index in [0.717, 1.165) is 4.68 Å². The largest absolute Gasteiger partial charge is 0.468 e. The molecule has 0 aromatic carbocycles. The van der Waals surface area contributed by atoms with Gasteiger partial charge in [0.15, 0.2) is 5.69 Å². The van der Waals surface area contributed by atoms with E-state index in [1.807, 2.05) is 0 Å². The second-order valence-corrected chi connectivity index (χ2v) is 4.04. The molecule has 5 nitrogen and oxygen atoms in total. The van der Waals surface area contributed by atoms with Crippen molar-refractivity contribution in [2.45, 2.75) is 32.1 Å². The Labute approximate surface area is 108 Å². The summed E-state index contributed by atoms with van der Waals surface area (Å²) in [5.74, 6) is -0.500. The number of methoxy groups -OCH3 is 1. The van der Waals surface area contributed by atoms with Crippen molar-refractivity contribution in [1.29, 1.82) is 0 Å². The molecular formula is C11H16F3N3O2. The maximum Gasteiger partial charge on any atom is 0.435 e. The molecule has 1 rings (SSSR count). The van der Waals surface area contributed by atoms with E-state index in [1.54, 1.807) is 6.92 Å². The first-order valence-corrected chi connectivity index (χ1v) is 5.70. The van der Waals surface area contributed by atoms with Crippen LogP contribution < -0.4 is 5.32 Å². The van der Waals surface area contributed by atoms with Crippen LogP contribution in [0.1, 0.15) is 24.6 Å². The normalized spacial score (nSPS) is 13.4. The van der Waals surface area contributed by atoms with Gasteiger partial charge >= 0.3 is 12.1 Å². The lowest BCUT2D eigenvalue weighted by atomic mass is 10.2. The lowest BCUT2D eigenvalue weighted by molar-refractivity contribution is -0.143. The molecule has 1 atom stereocenters. The highest BCUT2D eigenvalue weighted by Gasteiger charge is 2.36. The van der Waals surface area contributed by atoms with Gasteiger partial charge < -0.3 is 10.1 Å². The summed E-state index contributed by atoms with van der Waals surface area (Å²) in [7, 11) is 2.65. The summed E-state index contributed by atoms with van der Waals surface area (Å²) in [5.41, 5.74) is -0.945. The number of ether oxygens (including phenoxy) is 1. The first-order chi connectivity index (χ1) is 8.79. The minimum atomic E-state index is -4.51. The molecule has 0 radical (unpaired) electrons.